The average Bonchev–Trinajstić information content (AvgIpc) is 3.21. The number of imidazole rings is 1. The molecule has 4 aromatic rings. The van der Waals surface area contributed by atoms with Crippen LogP contribution in [0.15, 0.2) is 60.9 Å². The minimum absolute atomic E-state index is 0.320. The lowest BCUT2D eigenvalue weighted by Crippen LogP contribution is -2.31. The van der Waals surface area contributed by atoms with Gasteiger partial charge in [0.25, 0.3) is 0 Å². The molecule has 5 rings (SSSR count). The lowest BCUT2D eigenvalue weighted by molar-refractivity contribution is 0.376. The zero-order chi connectivity index (χ0) is 20.3. The minimum atomic E-state index is 0.320. The maximum absolute atomic E-state index is 6.16. The second-order valence-corrected chi connectivity index (χ2v) is 7.32. The summed E-state index contributed by atoms with van der Waals surface area (Å²) in [5.41, 5.74) is 8.40. The highest BCUT2D eigenvalue weighted by Gasteiger charge is 2.20. The fourth-order valence-corrected chi connectivity index (χ4v) is 3.69. The van der Waals surface area contributed by atoms with Gasteiger partial charge in [-0.3, -0.25) is 0 Å². The first-order valence-electron chi connectivity index (χ1n) is 10.1. The van der Waals surface area contributed by atoms with E-state index in [1.54, 1.807) is 0 Å². The Balaban J connectivity index is 1.37. The van der Waals surface area contributed by atoms with E-state index in [0.717, 1.165) is 48.8 Å². The summed E-state index contributed by atoms with van der Waals surface area (Å²) in [6, 6.07) is 17.6. The summed E-state index contributed by atoms with van der Waals surface area (Å²) < 4.78 is 7.93. The number of nitrogens with zero attached hydrogens (tertiary/aromatic N) is 4. The van der Waals surface area contributed by atoms with Crippen LogP contribution in [0.3, 0.4) is 0 Å². The SMILES string of the molecule is Nc1nc(Nc2ccc(Oc3ccccc3)cc2)nc2c1ncn2C1CCCNC1. The van der Waals surface area contributed by atoms with Gasteiger partial charge in [0.15, 0.2) is 11.5 Å². The van der Waals surface area contributed by atoms with Crippen molar-refractivity contribution >= 4 is 28.6 Å². The number of anilines is 3. The molecule has 1 atom stereocenters. The molecule has 0 spiro atoms. The van der Waals surface area contributed by atoms with E-state index in [1.165, 1.54) is 0 Å². The number of rotatable bonds is 5. The molecule has 0 saturated carbocycles. The molecule has 1 unspecified atom stereocenters. The molecule has 8 nitrogen and oxygen atoms in total. The van der Waals surface area contributed by atoms with Gasteiger partial charge in [0, 0.05) is 18.3 Å². The van der Waals surface area contributed by atoms with Crippen molar-refractivity contribution in [1.82, 2.24) is 24.8 Å². The molecule has 1 fully saturated rings. The number of para-hydroxylation sites is 1. The van der Waals surface area contributed by atoms with Crippen LogP contribution in [0.2, 0.25) is 0 Å². The Labute approximate surface area is 174 Å². The summed E-state index contributed by atoms with van der Waals surface area (Å²) >= 11 is 0. The molecule has 3 heterocycles. The molecular formula is C22H23N7O. The Morgan fingerprint density at radius 2 is 1.83 bits per heavy atom. The first kappa shape index (κ1) is 18.4. The smallest absolute Gasteiger partial charge is 0.231 e. The highest BCUT2D eigenvalue weighted by atomic mass is 16.5. The topological polar surface area (TPSA) is 103 Å². The lowest BCUT2D eigenvalue weighted by atomic mass is 10.1. The van der Waals surface area contributed by atoms with Gasteiger partial charge in [-0.25, -0.2) is 4.98 Å². The Morgan fingerprint density at radius 3 is 2.60 bits per heavy atom. The van der Waals surface area contributed by atoms with Gasteiger partial charge in [-0.15, -0.1) is 0 Å². The van der Waals surface area contributed by atoms with Crippen LogP contribution >= 0.6 is 0 Å². The summed E-state index contributed by atoms with van der Waals surface area (Å²) in [5.74, 6) is 2.37. The Bertz CT molecular complexity index is 1140. The summed E-state index contributed by atoms with van der Waals surface area (Å²) in [5, 5.41) is 6.66. The van der Waals surface area contributed by atoms with E-state index in [1.807, 2.05) is 60.9 Å². The van der Waals surface area contributed by atoms with Crippen molar-refractivity contribution in [3.8, 4) is 11.5 Å². The number of benzene rings is 2. The van der Waals surface area contributed by atoms with Crippen LogP contribution in [0.25, 0.3) is 11.2 Å². The molecule has 30 heavy (non-hydrogen) atoms. The van der Waals surface area contributed by atoms with E-state index < -0.39 is 0 Å². The van der Waals surface area contributed by atoms with E-state index in [4.69, 9.17) is 15.5 Å². The quantitative estimate of drug-likeness (QED) is 0.466. The molecule has 1 saturated heterocycles. The van der Waals surface area contributed by atoms with Crippen LogP contribution in [0.1, 0.15) is 18.9 Å². The predicted octanol–water partition coefficient (Wildman–Crippen LogP) is 3.87. The first-order valence-corrected chi connectivity index (χ1v) is 10.1. The van der Waals surface area contributed by atoms with Crippen LogP contribution in [-0.2, 0) is 0 Å². The summed E-state index contributed by atoms with van der Waals surface area (Å²) in [6.45, 7) is 1.96. The van der Waals surface area contributed by atoms with Crippen molar-refractivity contribution in [3.63, 3.8) is 0 Å². The maximum Gasteiger partial charge on any atom is 0.231 e. The van der Waals surface area contributed by atoms with Gasteiger partial charge < -0.3 is 25.7 Å². The van der Waals surface area contributed by atoms with Crippen LogP contribution in [-0.4, -0.2) is 32.6 Å². The van der Waals surface area contributed by atoms with E-state index in [9.17, 15) is 0 Å². The third kappa shape index (κ3) is 3.77. The van der Waals surface area contributed by atoms with Crippen LogP contribution in [0.4, 0.5) is 17.5 Å². The molecule has 2 aromatic heterocycles. The van der Waals surface area contributed by atoms with Gasteiger partial charge in [0.2, 0.25) is 5.95 Å². The zero-order valence-electron chi connectivity index (χ0n) is 16.5. The number of nitrogens with one attached hydrogen (secondary N) is 2. The van der Waals surface area contributed by atoms with Gasteiger partial charge in [-0.05, 0) is 55.8 Å². The molecule has 0 radical (unpaired) electrons. The number of ether oxygens (including phenoxy) is 1. The highest BCUT2D eigenvalue weighted by Crippen LogP contribution is 2.27. The minimum Gasteiger partial charge on any atom is -0.457 e. The second-order valence-electron chi connectivity index (χ2n) is 7.32. The van der Waals surface area contributed by atoms with Crippen LogP contribution in [0.5, 0.6) is 11.5 Å². The fraction of sp³-hybridized carbons (Fsp3) is 0.227. The Hall–Kier alpha value is -3.65. The largest absolute Gasteiger partial charge is 0.457 e. The normalized spacial score (nSPS) is 16.5. The molecule has 2 aromatic carbocycles. The monoisotopic (exact) mass is 401 g/mol. The lowest BCUT2D eigenvalue weighted by Gasteiger charge is -2.24. The number of nitrogen functional groups attached to an aromatic ring is 1. The van der Waals surface area contributed by atoms with Crippen LogP contribution < -0.4 is 21.1 Å². The zero-order valence-corrected chi connectivity index (χ0v) is 16.5. The van der Waals surface area contributed by atoms with Crippen molar-refractivity contribution < 1.29 is 4.74 Å². The van der Waals surface area contributed by atoms with Gasteiger partial charge in [0.1, 0.15) is 17.0 Å². The third-order valence-electron chi connectivity index (χ3n) is 5.20. The van der Waals surface area contributed by atoms with Crippen molar-refractivity contribution in [3.05, 3.63) is 60.9 Å². The maximum atomic E-state index is 6.16. The van der Waals surface area contributed by atoms with Gasteiger partial charge >= 0.3 is 0 Å². The molecule has 1 aliphatic heterocycles. The Kier molecular flexibility index (Phi) is 4.90. The summed E-state index contributed by atoms with van der Waals surface area (Å²) in [6.07, 6.45) is 4.04. The third-order valence-corrected chi connectivity index (χ3v) is 5.20. The Morgan fingerprint density at radius 1 is 1.03 bits per heavy atom. The number of fused-ring (bicyclic) bond motifs is 1. The summed E-state index contributed by atoms with van der Waals surface area (Å²) in [4.78, 5) is 13.5. The van der Waals surface area contributed by atoms with Crippen molar-refractivity contribution in [2.45, 2.75) is 18.9 Å². The number of hydrogen-bond acceptors (Lipinski definition) is 7. The van der Waals surface area contributed by atoms with Crippen molar-refractivity contribution in [2.75, 3.05) is 24.1 Å². The number of nitrogens with two attached hydrogens (primary N) is 1. The molecular weight excluding hydrogens is 378 g/mol. The van der Waals surface area contributed by atoms with Crippen LogP contribution in [0, 0.1) is 0 Å². The highest BCUT2D eigenvalue weighted by molar-refractivity contribution is 5.83. The average molecular weight is 401 g/mol. The van der Waals surface area contributed by atoms with Crippen molar-refractivity contribution in [1.29, 1.82) is 0 Å². The van der Waals surface area contributed by atoms with E-state index in [2.05, 4.69) is 25.2 Å². The number of piperidine rings is 1. The number of hydrogen-bond donors (Lipinski definition) is 3. The molecule has 152 valence electrons. The van der Waals surface area contributed by atoms with Gasteiger partial charge in [-0.1, -0.05) is 18.2 Å². The number of aromatic nitrogens is 4. The van der Waals surface area contributed by atoms with E-state index in [-0.39, 0.29) is 0 Å². The molecule has 1 aliphatic rings. The fourth-order valence-electron chi connectivity index (χ4n) is 3.69. The van der Waals surface area contributed by atoms with Gasteiger partial charge in [-0.2, -0.15) is 9.97 Å². The van der Waals surface area contributed by atoms with E-state index in [0.29, 0.717) is 23.3 Å². The molecule has 0 bridgehead atoms. The van der Waals surface area contributed by atoms with Gasteiger partial charge in [0.05, 0.1) is 6.33 Å². The predicted molar refractivity (Wildman–Crippen MR) is 117 cm³/mol. The molecule has 0 amide bonds. The standard InChI is InChI=1S/C22H23N7O/c23-20-19-21(29(14-25-19)16-5-4-12-24-13-16)28-22(27-20)26-15-8-10-18(11-9-15)30-17-6-2-1-3-7-17/h1-3,6-11,14,16,24H,4-5,12-13H2,(H3,23,26,27,28). The van der Waals surface area contributed by atoms with Crippen molar-refractivity contribution in [2.24, 2.45) is 0 Å². The first-order chi connectivity index (χ1) is 14.8. The second kappa shape index (κ2) is 8.00. The summed E-state index contributed by atoms with van der Waals surface area (Å²) in [7, 11) is 0. The molecule has 4 N–H and O–H groups in total. The molecule has 8 heteroatoms. The van der Waals surface area contributed by atoms with E-state index >= 15 is 0 Å². The molecule has 0 aliphatic carbocycles.